The van der Waals surface area contributed by atoms with Gasteiger partial charge in [-0.1, -0.05) is 66.2 Å². The summed E-state index contributed by atoms with van der Waals surface area (Å²) in [6, 6.07) is 17.2. The Morgan fingerprint density at radius 1 is 0.750 bits per heavy atom. The molecule has 0 spiro atoms. The van der Waals surface area contributed by atoms with Crippen molar-refractivity contribution >= 4 is 5.78 Å². The van der Waals surface area contributed by atoms with E-state index in [9.17, 15) is 9.90 Å². The Morgan fingerprint density at radius 3 is 1.69 bits per heavy atom. The van der Waals surface area contributed by atoms with Crippen LogP contribution >= 0.6 is 0 Å². The number of Topliss-reactive ketones (excluding diaryl/α,β-unsaturated/α-hetero) is 1. The van der Waals surface area contributed by atoms with E-state index in [0.29, 0.717) is 11.1 Å². The van der Waals surface area contributed by atoms with Crippen molar-refractivity contribution < 1.29 is 9.90 Å². The van der Waals surface area contributed by atoms with Gasteiger partial charge in [0.05, 0.1) is 0 Å². The normalized spacial score (nSPS) is 10.4. The molecule has 0 saturated heterocycles. The first-order chi connectivity index (χ1) is 7.79. The molecule has 0 heterocycles. The number of benzene rings is 2. The zero-order valence-corrected chi connectivity index (χ0v) is 8.59. The van der Waals surface area contributed by atoms with Crippen molar-refractivity contribution in [1.82, 2.24) is 0 Å². The van der Waals surface area contributed by atoms with Crippen LogP contribution in [0.15, 0.2) is 60.7 Å². The van der Waals surface area contributed by atoms with Crippen molar-refractivity contribution in [2.45, 2.75) is 0 Å². The van der Waals surface area contributed by atoms with E-state index in [1.54, 1.807) is 48.5 Å². The van der Waals surface area contributed by atoms with Crippen LogP contribution in [0.1, 0.15) is 15.9 Å². The van der Waals surface area contributed by atoms with Gasteiger partial charge in [0.25, 0.3) is 0 Å². The molecule has 0 fully saturated rings. The van der Waals surface area contributed by atoms with Crippen LogP contribution in [0.25, 0.3) is 0 Å². The molecule has 0 amide bonds. The van der Waals surface area contributed by atoms with Gasteiger partial charge in [0.1, 0.15) is 0 Å². The maximum absolute atomic E-state index is 11.8. The summed E-state index contributed by atoms with van der Waals surface area (Å²) < 4.78 is 0. The summed E-state index contributed by atoms with van der Waals surface area (Å²) in [6.07, 6.45) is -0.466. The van der Waals surface area contributed by atoms with Crippen molar-refractivity contribution in [2.24, 2.45) is 0 Å². The highest BCUT2D eigenvalue weighted by atomic mass is 16.3. The molecule has 0 saturated carbocycles. The molecule has 79 valence electrons. The maximum Gasteiger partial charge on any atom is 0.156 e. The Labute approximate surface area is 94.2 Å². The first-order valence-corrected chi connectivity index (χ1v) is 4.98. The van der Waals surface area contributed by atoms with Gasteiger partial charge in [-0.2, -0.15) is 0 Å². The Morgan fingerprint density at radius 2 is 1.19 bits per heavy atom. The lowest BCUT2D eigenvalue weighted by atomic mass is 10.0. The molecule has 2 rings (SSSR count). The van der Waals surface area contributed by atoms with Crippen LogP contribution in [-0.4, -0.2) is 5.78 Å². The lowest BCUT2D eigenvalue weighted by molar-refractivity contribution is -0.329. The average Bonchev–Trinajstić information content (AvgIpc) is 2.39. The molecular weight excluding hydrogens is 200 g/mol. The van der Waals surface area contributed by atoms with Crippen LogP contribution in [0.5, 0.6) is 0 Å². The molecule has 16 heavy (non-hydrogen) atoms. The van der Waals surface area contributed by atoms with Gasteiger partial charge < -0.3 is 5.11 Å². The van der Waals surface area contributed by atoms with Gasteiger partial charge in [-0.05, 0) is 6.10 Å². The summed E-state index contributed by atoms with van der Waals surface area (Å²) in [5.41, 5.74) is 0.854. The van der Waals surface area contributed by atoms with Crippen LogP contribution in [0.2, 0.25) is 0 Å². The van der Waals surface area contributed by atoms with Gasteiger partial charge in [-0.25, -0.2) is 0 Å². The van der Waals surface area contributed by atoms with Crippen LogP contribution < -0.4 is 5.11 Å². The molecule has 0 aliphatic heterocycles. The Kier molecular flexibility index (Phi) is 3.13. The lowest BCUT2D eigenvalue weighted by Gasteiger charge is -2.20. The van der Waals surface area contributed by atoms with E-state index in [2.05, 4.69) is 0 Å². The van der Waals surface area contributed by atoms with Crippen LogP contribution in [0.4, 0.5) is 0 Å². The molecule has 0 atom stereocenters. The number of carbonyl (C=O) groups excluding carboxylic acids is 1. The van der Waals surface area contributed by atoms with Crippen molar-refractivity contribution in [1.29, 1.82) is 0 Å². The van der Waals surface area contributed by atoms with Crippen molar-refractivity contribution in [3.05, 3.63) is 77.9 Å². The minimum absolute atomic E-state index is 0.427. The smallest absolute Gasteiger partial charge is 0.156 e. The van der Waals surface area contributed by atoms with Gasteiger partial charge in [0.15, 0.2) is 5.78 Å². The molecule has 0 aromatic heterocycles. The molecule has 0 unspecified atom stereocenters. The first kappa shape index (κ1) is 10.6. The monoisotopic (exact) mass is 210 g/mol. The highest BCUT2D eigenvalue weighted by molar-refractivity contribution is 6.06. The van der Waals surface area contributed by atoms with Gasteiger partial charge in [-0.3, -0.25) is 4.79 Å². The molecule has 0 aliphatic carbocycles. The fourth-order valence-corrected chi connectivity index (χ4v) is 1.44. The summed E-state index contributed by atoms with van der Waals surface area (Å²) in [7, 11) is 0. The molecule has 0 N–H and O–H groups in total. The molecule has 2 nitrogen and oxygen atoms in total. The topological polar surface area (TPSA) is 40.1 Å². The van der Waals surface area contributed by atoms with E-state index in [0.717, 1.165) is 0 Å². The fourth-order valence-electron chi connectivity index (χ4n) is 1.44. The van der Waals surface area contributed by atoms with Crippen molar-refractivity contribution in [2.75, 3.05) is 0 Å². The van der Waals surface area contributed by atoms with Crippen molar-refractivity contribution in [3.8, 4) is 0 Å². The number of hydrogen-bond acceptors (Lipinski definition) is 2. The third-order valence-electron chi connectivity index (χ3n) is 2.28. The standard InChI is InChI=1S/C14H10O2/c15-13(11-7-3-1-4-8-11)14(16)12-9-5-2-6-10-12/h1-10H/q-1. The first-order valence-electron chi connectivity index (χ1n) is 4.98. The van der Waals surface area contributed by atoms with Crippen LogP contribution in [0, 0.1) is 6.10 Å². The van der Waals surface area contributed by atoms with E-state index < -0.39 is 11.9 Å². The minimum Gasteiger partial charge on any atom is -0.840 e. The van der Waals surface area contributed by atoms with E-state index in [1.165, 1.54) is 0 Å². The van der Waals surface area contributed by atoms with Gasteiger partial charge in [0.2, 0.25) is 0 Å². The Bertz CT molecular complexity index is 463. The zero-order chi connectivity index (χ0) is 11.4. The van der Waals surface area contributed by atoms with E-state index >= 15 is 0 Å². The van der Waals surface area contributed by atoms with Crippen molar-refractivity contribution in [3.63, 3.8) is 0 Å². The summed E-state index contributed by atoms with van der Waals surface area (Å²) in [4.78, 5) is 11.8. The minimum atomic E-state index is -0.466. The largest absolute Gasteiger partial charge is 0.840 e. The second-order valence-corrected chi connectivity index (χ2v) is 3.39. The molecular formula is C14H10O2-. The van der Waals surface area contributed by atoms with Gasteiger partial charge >= 0.3 is 0 Å². The third-order valence-corrected chi connectivity index (χ3v) is 2.28. The zero-order valence-electron chi connectivity index (χ0n) is 8.59. The number of carbonyl (C=O) groups is 1. The molecule has 2 aromatic carbocycles. The summed E-state index contributed by atoms with van der Waals surface area (Å²) >= 11 is 0. The van der Waals surface area contributed by atoms with Gasteiger partial charge in [0, 0.05) is 5.56 Å². The number of rotatable bonds is 3. The Hall–Kier alpha value is -1.93. The summed E-state index contributed by atoms with van der Waals surface area (Å²) in [5, 5.41) is 11.8. The summed E-state index contributed by atoms with van der Waals surface area (Å²) in [6.45, 7) is 0. The van der Waals surface area contributed by atoms with Crippen LogP contribution in [0.3, 0.4) is 0 Å². The van der Waals surface area contributed by atoms with Gasteiger partial charge in [-0.15, -0.1) is 0 Å². The predicted octanol–water partition coefficient (Wildman–Crippen LogP) is 1.81. The predicted molar refractivity (Wildman–Crippen MR) is 59.6 cm³/mol. The number of ketones is 1. The SMILES string of the molecule is O=C([C]([O-])c1ccccc1)c1ccccc1. The molecule has 2 aromatic rings. The second kappa shape index (κ2) is 4.73. The van der Waals surface area contributed by atoms with Crippen LogP contribution in [-0.2, 0) is 0 Å². The average molecular weight is 210 g/mol. The highest BCUT2D eigenvalue weighted by Gasteiger charge is 2.10. The second-order valence-electron chi connectivity index (χ2n) is 3.39. The maximum atomic E-state index is 11.8. The highest BCUT2D eigenvalue weighted by Crippen LogP contribution is 2.14. The molecule has 0 bridgehead atoms. The molecule has 2 heteroatoms. The fraction of sp³-hybridized carbons (Fsp3) is 0. The molecule has 1 radical (unpaired) electrons. The third kappa shape index (κ3) is 2.18. The Balaban J connectivity index is 2.24. The number of hydrogen-bond donors (Lipinski definition) is 0. The van der Waals surface area contributed by atoms with E-state index in [-0.39, 0.29) is 0 Å². The quantitative estimate of drug-likeness (QED) is 0.725. The lowest BCUT2D eigenvalue weighted by Crippen LogP contribution is -2.26. The molecule has 0 aliphatic rings. The summed E-state index contributed by atoms with van der Waals surface area (Å²) in [5.74, 6) is -0.466. The van der Waals surface area contributed by atoms with E-state index in [1.807, 2.05) is 12.1 Å². The van der Waals surface area contributed by atoms with E-state index in [4.69, 9.17) is 0 Å².